The van der Waals surface area contributed by atoms with E-state index in [1.165, 1.54) is 11.8 Å². The summed E-state index contributed by atoms with van der Waals surface area (Å²) in [4.78, 5) is 22.4. The van der Waals surface area contributed by atoms with Gasteiger partial charge < -0.3 is 4.90 Å². The number of hydrogen-bond acceptors (Lipinski definition) is 4. The van der Waals surface area contributed by atoms with Crippen LogP contribution in [0.2, 0.25) is 0 Å². The lowest BCUT2D eigenvalue weighted by Gasteiger charge is -2.18. The van der Waals surface area contributed by atoms with E-state index in [0.29, 0.717) is 4.91 Å². The molecule has 1 saturated heterocycles. The number of aryl methyl sites for hydroxylation is 1. The Labute approximate surface area is 165 Å². The topological polar surface area (TPSA) is 35.9 Å². The molecule has 2 aromatic carbocycles. The van der Waals surface area contributed by atoms with Crippen LogP contribution < -0.4 is 9.80 Å². The molecule has 5 heteroatoms. The van der Waals surface area contributed by atoms with Crippen molar-refractivity contribution >= 4 is 40.3 Å². The van der Waals surface area contributed by atoms with Gasteiger partial charge in [-0.1, -0.05) is 30.3 Å². The van der Waals surface area contributed by atoms with Gasteiger partial charge in [0.15, 0.2) is 5.17 Å². The normalized spacial score (nSPS) is 17.4. The van der Waals surface area contributed by atoms with Crippen LogP contribution in [0, 0.1) is 6.92 Å². The highest BCUT2D eigenvalue weighted by atomic mass is 32.2. The van der Waals surface area contributed by atoms with E-state index in [4.69, 9.17) is 4.99 Å². The second-order valence-corrected chi connectivity index (χ2v) is 8.04. The third-order valence-corrected chi connectivity index (χ3v) is 5.22. The molecule has 0 aliphatic carbocycles. The summed E-state index contributed by atoms with van der Waals surface area (Å²) in [5, 5.41) is 0.737. The molecule has 1 aliphatic rings. The number of anilines is 2. The van der Waals surface area contributed by atoms with Gasteiger partial charge in [0.1, 0.15) is 0 Å². The van der Waals surface area contributed by atoms with Gasteiger partial charge in [-0.2, -0.15) is 0 Å². The lowest BCUT2D eigenvalue weighted by molar-refractivity contribution is -0.113. The molecule has 1 aliphatic heterocycles. The summed E-state index contributed by atoms with van der Waals surface area (Å²) in [6, 6.07) is 16.2. The molecule has 0 atom stereocenters. The fraction of sp³-hybridized carbons (Fsp3) is 0.273. The zero-order chi connectivity index (χ0) is 19.6. The van der Waals surface area contributed by atoms with Gasteiger partial charge >= 0.3 is 0 Å². The fourth-order valence-electron chi connectivity index (χ4n) is 2.83. The highest BCUT2D eigenvalue weighted by Gasteiger charge is 2.35. The van der Waals surface area contributed by atoms with Crippen molar-refractivity contribution in [3.05, 3.63) is 64.6 Å². The maximum Gasteiger partial charge on any atom is 0.271 e. The van der Waals surface area contributed by atoms with E-state index in [9.17, 15) is 4.79 Å². The monoisotopic (exact) mass is 379 g/mol. The first kappa shape index (κ1) is 19.2. The van der Waals surface area contributed by atoms with Crippen LogP contribution in [0.25, 0.3) is 6.08 Å². The summed E-state index contributed by atoms with van der Waals surface area (Å²) in [5.74, 6) is -0.0228. The van der Waals surface area contributed by atoms with Crippen LogP contribution in [0.3, 0.4) is 0 Å². The van der Waals surface area contributed by atoms with E-state index in [1.54, 1.807) is 4.90 Å². The van der Waals surface area contributed by atoms with Crippen molar-refractivity contribution in [1.29, 1.82) is 0 Å². The largest absolute Gasteiger partial charge is 0.378 e. The Bertz CT molecular complexity index is 898. The molecule has 4 nitrogen and oxygen atoms in total. The number of rotatable bonds is 4. The average molecular weight is 380 g/mol. The van der Waals surface area contributed by atoms with E-state index in [1.807, 2.05) is 77.3 Å². The minimum absolute atomic E-state index is 0.0228. The van der Waals surface area contributed by atoms with E-state index >= 15 is 0 Å². The number of benzene rings is 2. The lowest BCUT2D eigenvalue weighted by atomic mass is 10.1. The molecule has 3 rings (SSSR count). The SMILES string of the molecule is Cc1ccccc1N1C(=O)/C(=C/c2ccc(N(C)C)cc2)S/C1=N\C(C)C. The number of carbonyl (C=O) groups excluding carboxylic acids is 1. The number of thioether (sulfide) groups is 1. The van der Waals surface area contributed by atoms with Crippen molar-refractivity contribution in [1.82, 2.24) is 0 Å². The number of hydrogen-bond donors (Lipinski definition) is 0. The predicted molar refractivity (Wildman–Crippen MR) is 118 cm³/mol. The zero-order valence-corrected chi connectivity index (χ0v) is 17.2. The second-order valence-electron chi connectivity index (χ2n) is 7.03. The van der Waals surface area contributed by atoms with Crippen LogP contribution in [0.1, 0.15) is 25.0 Å². The molecule has 140 valence electrons. The molecular weight excluding hydrogens is 354 g/mol. The Hall–Kier alpha value is -2.53. The average Bonchev–Trinajstić information content (AvgIpc) is 2.90. The standard InChI is InChI=1S/C22H25N3OS/c1-15(2)23-22-25(19-9-7-6-8-16(19)3)21(26)20(27-22)14-17-10-12-18(13-11-17)24(4)5/h6-15H,1-5H3/b20-14-,23-22-. The van der Waals surface area contributed by atoms with Crippen LogP contribution >= 0.6 is 11.8 Å². The zero-order valence-electron chi connectivity index (χ0n) is 16.4. The summed E-state index contributed by atoms with van der Waals surface area (Å²) in [6.07, 6.45) is 1.94. The molecule has 27 heavy (non-hydrogen) atoms. The van der Waals surface area contributed by atoms with Gasteiger partial charge in [0.05, 0.1) is 10.6 Å². The fourth-order valence-corrected chi connectivity index (χ4v) is 3.93. The first-order valence-electron chi connectivity index (χ1n) is 9.01. The van der Waals surface area contributed by atoms with Gasteiger partial charge in [0, 0.05) is 25.8 Å². The maximum absolute atomic E-state index is 13.2. The van der Waals surface area contributed by atoms with Gasteiger partial charge in [-0.3, -0.25) is 14.7 Å². The van der Waals surface area contributed by atoms with Crippen molar-refractivity contribution in [3.63, 3.8) is 0 Å². The minimum atomic E-state index is -0.0228. The highest BCUT2D eigenvalue weighted by Crippen LogP contribution is 2.37. The maximum atomic E-state index is 13.2. The Balaban J connectivity index is 1.99. The van der Waals surface area contributed by atoms with E-state index < -0.39 is 0 Å². The lowest BCUT2D eigenvalue weighted by Crippen LogP contribution is -2.30. The van der Waals surface area contributed by atoms with Gasteiger partial charge in [-0.15, -0.1) is 0 Å². The predicted octanol–water partition coefficient (Wildman–Crippen LogP) is 4.95. The Morgan fingerprint density at radius 3 is 2.33 bits per heavy atom. The number of para-hydroxylation sites is 1. The summed E-state index contributed by atoms with van der Waals surface area (Å²) >= 11 is 1.44. The molecular formula is C22H25N3OS. The molecule has 0 saturated carbocycles. The molecule has 0 unspecified atom stereocenters. The molecule has 0 aromatic heterocycles. The van der Waals surface area contributed by atoms with Crippen LogP contribution in [0.15, 0.2) is 58.4 Å². The third kappa shape index (κ3) is 4.25. The summed E-state index contributed by atoms with van der Waals surface area (Å²) in [6.45, 7) is 6.06. The number of nitrogens with zero attached hydrogens (tertiary/aromatic N) is 3. The molecule has 1 heterocycles. The molecule has 0 bridgehead atoms. The van der Waals surface area contributed by atoms with Crippen molar-refractivity contribution in [2.45, 2.75) is 26.8 Å². The van der Waals surface area contributed by atoms with E-state index in [-0.39, 0.29) is 11.9 Å². The Kier molecular flexibility index (Phi) is 5.71. The number of amides is 1. The van der Waals surface area contributed by atoms with Crippen molar-refractivity contribution < 1.29 is 4.79 Å². The van der Waals surface area contributed by atoms with Crippen LogP contribution in [-0.4, -0.2) is 31.2 Å². The van der Waals surface area contributed by atoms with Crippen molar-refractivity contribution in [2.24, 2.45) is 4.99 Å². The molecule has 2 aromatic rings. The Morgan fingerprint density at radius 2 is 1.74 bits per heavy atom. The number of aliphatic imine (C=N–C) groups is 1. The summed E-state index contributed by atoms with van der Waals surface area (Å²) in [7, 11) is 4.02. The van der Waals surface area contributed by atoms with Gasteiger partial charge in [-0.05, 0) is 67.9 Å². The van der Waals surface area contributed by atoms with Crippen molar-refractivity contribution in [2.75, 3.05) is 23.9 Å². The molecule has 0 radical (unpaired) electrons. The van der Waals surface area contributed by atoms with Gasteiger partial charge in [0.25, 0.3) is 5.91 Å². The van der Waals surface area contributed by atoms with E-state index in [0.717, 1.165) is 27.7 Å². The van der Waals surface area contributed by atoms with Gasteiger partial charge in [-0.25, -0.2) is 0 Å². The van der Waals surface area contributed by atoms with Crippen LogP contribution in [-0.2, 0) is 4.79 Å². The second kappa shape index (κ2) is 8.01. The first-order chi connectivity index (χ1) is 12.9. The smallest absolute Gasteiger partial charge is 0.271 e. The van der Waals surface area contributed by atoms with Crippen molar-refractivity contribution in [3.8, 4) is 0 Å². The van der Waals surface area contributed by atoms with Crippen LogP contribution in [0.5, 0.6) is 0 Å². The van der Waals surface area contributed by atoms with Crippen LogP contribution in [0.4, 0.5) is 11.4 Å². The molecule has 1 fully saturated rings. The van der Waals surface area contributed by atoms with E-state index in [2.05, 4.69) is 17.0 Å². The van der Waals surface area contributed by atoms with Gasteiger partial charge in [0.2, 0.25) is 0 Å². The summed E-state index contributed by atoms with van der Waals surface area (Å²) in [5.41, 5.74) is 4.08. The highest BCUT2D eigenvalue weighted by molar-refractivity contribution is 8.19. The number of amidine groups is 1. The molecule has 0 spiro atoms. The molecule has 0 N–H and O–H groups in total. The number of carbonyl (C=O) groups is 1. The first-order valence-corrected chi connectivity index (χ1v) is 9.83. The Morgan fingerprint density at radius 1 is 1.07 bits per heavy atom. The quantitative estimate of drug-likeness (QED) is 0.706. The minimum Gasteiger partial charge on any atom is -0.378 e. The summed E-state index contributed by atoms with van der Waals surface area (Å²) < 4.78 is 0. The third-order valence-electron chi connectivity index (χ3n) is 4.24. The molecule has 1 amide bonds.